The summed E-state index contributed by atoms with van der Waals surface area (Å²) in [5.41, 5.74) is 7.95. The molecule has 1 heterocycles. The molecule has 0 aliphatic rings. The van der Waals surface area contributed by atoms with Gasteiger partial charge in [0.1, 0.15) is 5.75 Å². The lowest BCUT2D eigenvalue weighted by atomic mass is 10.1. The molecule has 0 atom stereocenters. The fourth-order valence-corrected chi connectivity index (χ4v) is 1.89. The van der Waals surface area contributed by atoms with Crippen molar-refractivity contribution < 1.29 is 4.74 Å². The molecule has 2 aromatic rings. The molecule has 96 valence electrons. The van der Waals surface area contributed by atoms with E-state index in [1.54, 1.807) is 4.68 Å². The summed E-state index contributed by atoms with van der Waals surface area (Å²) < 4.78 is 7.61. The molecule has 0 bridgehead atoms. The summed E-state index contributed by atoms with van der Waals surface area (Å²) in [4.78, 5) is 0. The first-order valence-electron chi connectivity index (χ1n) is 6.18. The maximum absolute atomic E-state index is 5.81. The molecule has 1 aromatic heterocycles. The van der Waals surface area contributed by atoms with Crippen LogP contribution >= 0.6 is 0 Å². The Balaban J connectivity index is 1.89. The number of hydrogen-bond donors (Lipinski definition) is 1. The van der Waals surface area contributed by atoms with Crippen LogP contribution in [0.4, 0.5) is 0 Å². The van der Waals surface area contributed by atoms with Crippen LogP contribution in [0, 0.1) is 0 Å². The zero-order chi connectivity index (χ0) is 12.8. The van der Waals surface area contributed by atoms with Gasteiger partial charge >= 0.3 is 0 Å². The third kappa shape index (κ3) is 3.34. The van der Waals surface area contributed by atoms with Crippen molar-refractivity contribution in [3.8, 4) is 5.75 Å². The van der Waals surface area contributed by atoms with E-state index in [0.717, 1.165) is 18.6 Å². The molecule has 0 radical (unpaired) electrons. The van der Waals surface area contributed by atoms with Crippen molar-refractivity contribution >= 4 is 0 Å². The van der Waals surface area contributed by atoms with Crippen molar-refractivity contribution in [2.45, 2.75) is 12.8 Å². The monoisotopic (exact) mass is 245 g/mol. The second kappa shape index (κ2) is 6.21. The first-order valence-corrected chi connectivity index (χ1v) is 6.18. The minimum absolute atomic E-state index is 0.642. The average molecular weight is 245 g/mol. The number of aromatic nitrogens is 2. The minimum Gasteiger partial charge on any atom is -0.493 e. The van der Waals surface area contributed by atoms with Crippen LogP contribution < -0.4 is 10.5 Å². The van der Waals surface area contributed by atoms with Gasteiger partial charge in [0, 0.05) is 19.7 Å². The highest BCUT2D eigenvalue weighted by molar-refractivity contribution is 5.33. The number of benzene rings is 1. The van der Waals surface area contributed by atoms with Gasteiger partial charge in [-0.1, -0.05) is 18.2 Å². The third-order valence-corrected chi connectivity index (χ3v) is 2.79. The third-order valence-electron chi connectivity index (χ3n) is 2.79. The van der Waals surface area contributed by atoms with Gasteiger partial charge < -0.3 is 10.5 Å². The average Bonchev–Trinajstić information content (AvgIpc) is 2.78. The van der Waals surface area contributed by atoms with Crippen LogP contribution in [0.15, 0.2) is 36.7 Å². The molecular weight excluding hydrogens is 226 g/mol. The van der Waals surface area contributed by atoms with Gasteiger partial charge in [-0.2, -0.15) is 5.10 Å². The van der Waals surface area contributed by atoms with E-state index in [1.807, 2.05) is 37.6 Å². The molecule has 0 saturated heterocycles. The van der Waals surface area contributed by atoms with E-state index in [-0.39, 0.29) is 0 Å². The number of para-hydroxylation sites is 1. The number of ether oxygens (including phenoxy) is 1. The van der Waals surface area contributed by atoms with Crippen LogP contribution in [-0.4, -0.2) is 22.9 Å². The van der Waals surface area contributed by atoms with Gasteiger partial charge in [0.15, 0.2) is 0 Å². The fraction of sp³-hybridized carbons (Fsp3) is 0.357. The smallest absolute Gasteiger partial charge is 0.122 e. The summed E-state index contributed by atoms with van der Waals surface area (Å²) in [5.74, 6) is 0.937. The predicted molar refractivity (Wildman–Crippen MR) is 71.6 cm³/mol. The number of rotatable bonds is 6. The molecule has 0 amide bonds. The van der Waals surface area contributed by atoms with Crippen LogP contribution in [-0.2, 0) is 19.9 Å². The van der Waals surface area contributed by atoms with Gasteiger partial charge in [-0.05, 0) is 30.2 Å². The molecule has 0 fully saturated rings. The Morgan fingerprint density at radius 1 is 1.28 bits per heavy atom. The zero-order valence-electron chi connectivity index (χ0n) is 10.7. The summed E-state index contributed by atoms with van der Waals surface area (Å²) in [6, 6.07) is 8.05. The van der Waals surface area contributed by atoms with Crippen molar-refractivity contribution in [3.63, 3.8) is 0 Å². The van der Waals surface area contributed by atoms with E-state index in [2.05, 4.69) is 11.2 Å². The van der Waals surface area contributed by atoms with E-state index < -0.39 is 0 Å². The van der Waals surface area contributed by atoms with Crippen molar-refractivity contribution in [2.75, 3.05) is 13.2 Å². The summed E-state index contributed by atoms with van der Waals surface area (Å²) >= 11 is 0. The fourth-order valence-electron chi connectivity index (χ4n) is 1.89. The van der Waals surface area contributed by atoms with Gasteiger partial charge in [-0.25, -0.2) is 0 Å². The molecule has 4 nitrogen and oxygen atoms in total. The van der Waals surface area contributed by atoms with Crippen LogP contribution in [0.2, 0.25) is 0 Å². The molecule has 2 N–H and O–H groups in total. The Bertz CT molecular complexity index is 493. The van der Waals surface area contributed by atoms with Crippen molar-refractivity contribution in [2.24, 2.45) is 12.8 Å². The normalized spacial score (nSPS) is 10.6. The van der Waals surface area contributed by atoms with Crippen LogP contribution in [0.5, 0.6) is 5.75 Å². The van der Waals surface area contributed by atoms with Crippen LogP contribution in [0.3, 0.4) is 0 Å². The predicted octanol–water partition coefficient (Wildman–Crippen LogP) is 1.54. The molecule has 0 saturated carbocycles. The van der Waals surface area contributed by atoms with Crippen molar-refractivity contribution in [1.29, 1.82) is 0 Å². The second-order valence-electron chi connectivity index (χ2n) is 4.27. The van der Waals surface area contributed by atoms with Gasteiger partial charge in [0.05, 0.1) is 12.8 Å². The molecule has 18 heavy (non-hydrogen) atoms. The number of nitrogens with two attached hydrogens (primary N) is 1. The molecule has 2 rings (SSSR count). The first kappa shape index (κ1) is 12.6. The lowest BCUT2D eigenvalue weighted by Crippen LogP contribution is -2.07. The molecule has 0 unspecified atom stereocenters. The SMILES string of the molecule is Cn1cc(CCOc2ccccc2CCN)cn1. The molecule has 0 aliphatic carbocycles. The maximum atomic E-state index is 5.81. The molecule has 4 heteroatoms. The van der Waals surface area contributed by atoms with Crippen LogP contribution in [0.1, 0.15) is 11.1 Å². The van der Waals surface area contributed by atoms with Crippen LogP contribution in [0.25, 0.3) is 0 Å². The first-order chi connectivity index (χ1) is 8.79. The summed E-state index contributed by atoms with van der Waals surface area (Å²) in [6.07, 6.45) is 5.60. The Kier molecular flexibility index (Phi) is 4.36. The molecule has 0 spiro atoms. The Labute approximate surface area is 107 Å². The van der Waals surface area contributed by atoms with E-state index in [0.29, 0.717) is 13.2 Å². The van der Waals surface area contributed by atoms with Crippen molar-refractivity contribution in [3.05, 3.63) is 47.8 Å². The molecule has 0 aliphatic heterocycles. The van der Waals surface area contributed by atoms with Gasteiger partial charge in [-0.15, -0.1) is 0 Å². The minimum atomic E-state index is 0.642. The lowest BCUT2D eigenvalue weighted by molar-refractivity contribution is 0.318. The molecule has 1 aromatic carbocycles. The number of hydrogen-bond acceptors (Lipinski definition) is 3. The van der Waals surface area contributed by atoms with E-state index >= 15 is 0 Å². The summed E-state index contributed by atoms with van der Waals surface area (Å²) in [6.45, 7) is 1.30. The Morgan fingerprint density at radius 2 is 2.11 bits per heavy atom. The summed E-state index contributed by atoms with van der Waals surface area (Å²) in [7, 11) is 1.92. The molecular formula is C14H19N3O. The maximum Gasteiger partial charge on any atom is 0.122 e. The highest BCUT2D eigenvalue weighted by Crippen LogP contribution is 2.18. The van der Waals surface area contributed by atoms with Gasteiger partial charge in [0.2, 0.25) is 0 Å². The quantitative estimate of drug-likeness (QED) is 0.840. The number of nitrogens with zero attached hydrogens (tertiary/aromatic N) is 2. The second-order valence-corrected chi connectivity index (χ2v) is 4.27. The highest BCUT2D eigenvalue weighted by atomic mass is 16.5. The highest BCUT2D eigenvalue weighted by Gasteiger charge is 2.02. The van der Waals surface area contributed by atoms with Gasteiger partial charge in [0.25, 0.3) is 0 Å². The van der Waals surface area contributed by atoms with E-state index in [4.69, 9.17) is 10.5 Å². The van der Waals surface area contributed by atoms with Gasteiger partial charge in [-0.3, -0.25) is 4.68 Å². The number of aryl methyl sites for hydroxylation is 1. The van der Waals surface area contributed by atoms with Crippen molar-refractivity contribution in [1.82, 2.24) is 9.78 Å². The zero-order valence-corrected chi connectivity index (χ0v) is 10.7. The Hall–Kier alpha value is -1.81. The summed E-state index contributed by atoms with van der Waals surface area (Å²) in [5, 5.41) is 4.13. The Morgan fingerprint density at radius 3 is 2.83 bits per heavy atom. The lowest BCUT2D eigenvalue weighted by Gasteiger charge is -2.10. The standard InChI is InChI=1S/C14H19N3O/c1-17-11-12(10-16-17)7-9-18-14-5-3-2-4-13(14)6-8-15/h2-5,10-11H,6-9,15H2,1H3. The van der Waals surface area contributed by atoms with E-state index in [1.165, 1.54) is 11.1 Å². The van der Waals surface area contributed by atoms with E-state index in [9.17, 15) is 0 Å². The largest absolute Gasteiger partial charge is 0.493 e. The topological polar surface area (TPSA) is 53.1 Å².